The van der Waals surface area contributed by atoms with Crippen molar-refractivity contribution >= 4 is 11.0 Å². The Kier molecular flexibility index (Phi) is 5.34. The number of nitriles is 1. The summed E-state index contributed by atoms with van der Waals surface area (Å²) in [6.07, 6.45) is -2.79. The molecule has 0 saturated heterocycles. The zero-order valence-corrected chi connectivity index (χ0v) is 15.3. The average molecular weight is 407 g/mol. The molecule has 3 aromatic rings. The Labute approximate surface area is 160 Å². The van der Waals surface area contributed by atoms with Crippen molar-refractivity contribution in [2.45, 2.75) is 24.4 Å². The fourth-order valence-electron chi connectivity index (χ4n) is 2.62. The van der Waals surface area contributed by atoms with Gasteiger partial charge in [-0.05, 0) is 60.5 Å². The maximum Gasteiger partial charge on any atom is 0.416 e. The highest BCUT2D eigenvalue weighted by Gasteiger charge is 2.30. The summed E-state index contributed by atoms with van der Waals surface area (Å²) >= 11 is 0. The standard InChI is InChI=1S/C19H13F4N3OS/c1-12-15(8-14-9-17(20)5-2-13(14)10-24)11-26(25-12)28(27)18-6-3-16(4-7-18)19(21,22)23/h2-7,9,11H,8H2,1H3. The quantitative estimate of drug-likeness (QED) is 0.603. The van der Waals surface area contributed by atoms with Crippen molar-refractivity contribution in [3.05, 3.63) is 82.4 Å². The molecule has 3 rings (SSSR count). The minimum atomic E-state index is -4.47. The van der Waals surface area contributed by atoms with Crippen molar-refractivity contribution in [3.63, 3.8) is 0 Å². The smallest absolute Gasteiger partial charge is 0.229 e. The maximum absolute atomic E-state index is 13.5. The normalized spacial score (nSPS) is 12.6. The van der Waals surface area contributed by atoms with Crippen molar-refractivity contribution in [3.8, 4) is 6.07 Å². The van der Waals surface area contributed by atoms with Gasteiger partial charge in [-0.15, -0.1) is 0 Å². The summed E-state index contributed by atoms with van der Waals surface area (Å²) in [5, 5.41) is 13.3. The molecule has 28 heavy (non-hydrogen) atoms. The first-order chi connectivity index (χ1) is 13.2. The lowest BCUT2D eigenvalue weighted by Crippen LogP contribution is -2.08. The molecule has 1 atom stereocenters. The number of nitrogens with zero attached hydrogens (tertiary/aromatic N) is 3. The van der Waals surface area contributed by atoms with Crippen molar-refractivity contribution in [1.29, 1.82) is 5.26 Å². The van der Waals surface area contributed by atoms with Crippen LogP contribution in [0.25, 0.3) is 0 Å². The van der Waals surface area contributed by atoms with E-state index >= 15 is 0 Å². The van der Waals surface area contributed by atoms with Gasteiger partial charge in [0.15, 0.2) is 11.0 Å². The van der Waals surface area contributed by atoms with Gasteiger partial charge >= 0.3 is 6.18 Å². The van der Waals surface area contributed by atoms with Crippen molar-refractivity contribution < 1.29 is 21.8 Å². The lowest BCUT2D eigenvalue weighted by atomic mass is 10.0. The zero-order chi connectivity index (χ0) is 20.5. The van der Waals surface area contributed by atoms with Crippen LogP contribution in [0.3, 0.4) is 0 Å². The second-order valence-electron chi connectivity index (χ2n) is 6.00. The minimum Gasteiger partial charge on any atom is -0.229 e. The summed E-state index contributed by atoms with van der Waals surface area (Å²) in [4.78, 5) is 0.158. The van der Waals surface area contributed by atoms with Crippen molar-refractivity contribution in [1.82, 2.24) is 9.19 Å². The van der Waals surface area contributed by atoms with Crippen molar-refractivity contribution in [2.75, 3.05) is 0 Å². The molecule has 0 N–H and O–H groups in total. The Bertz CT molecular complexity index is 1080. The molecule has 1 heterocycles. The third kappa shape index (κ3) is 4.12. The lowest BCUT2D eigenvalue weighted by Gasteiger charge is -2.07. The fourth-order valence-corrected chi connectivity index (χ4v) is 3.62. The molecule has 9 heteroatoms. The van der Waals surface area contributed by atoms with Crippen LogP contribution >= 0.6 is 0 Å². The lowest BCUT2D eigenvalue weighted by molar-refractivity contribution is -0.137. The van der Waals surface area contributed by atoms with Crippen LogP contribution in [0.1, 0.15) is 27.9 Å². The zero-order valence-electron chi connectivity index (χ0n) is 14.5. The molecule has 4 nitrogen and oxygen atoms in total. The molecular weight excluding hydrogens is 394 g/mol. The number of aryl methyl sites for hydroxylation is 1. The SMILES string of the molecule is Cc1nn(S(=O)c2ccc(C(F)(F)F)cc2)cc1Cc1cc(F)ccc1C#N. The molecule has 0 aliphatic carbocycles. The molecule has 2 aromatic carbocycles. The van der Waals surface area contributed by atoms with Gasteiger partial charge in [0.25, 0.3) is 0 Å². The number of halogens is 4. The molecule has 0 aliphatic heterocycles. The van der Waals surface area contributed by atoms with Crippen LogP contribution in [0.5, 0.6) is 0 Å². The van der Waals surface area contributed by atoms with E-state index in [-0.39, 0.29) is 11.3 Å². The van der Waals surface area contributed by atoms with Crippen molar-refractivity contribution in [2.24, 2.45) is 0 Å². The van der Waals surface area contributed by atoms with Crippen LogP contribution in [0, 0.1) is 24.1 Å². The molecule has 0 radical (unpaired) electrons. The first-order valence-electron chi connectivity index (χ1n) is 8.02. The third-order valence-electron chi connectivity index (χ3n) is 4.10. The molecule has 0 fully saturated rings. The Morgan fingerprint density at radius 1 is 1.14 bits per heavy atom. The van der Waals surface area contributed by atoms with Gasteiger partial charge in [0.05, 0.1) is 27.8 Å². The predicted octanol–water partition coefficient (Wildman–Crippen LogP) is 4.38. The van der Waals surface area contributed by atoms with Crippen LogP contribution in [0.2, 0.25) is 0 Å². The number of alkyl halides is 3. The molecule has 0 aliphatic rings. The molecule has 0 saturated carbocycles. The van der Waals surface area contributed by atoms with E-state index < -0.39 is 28.5 Å². The minimum absolute atomic E-state index is 0.158. The van der Waals surface area contributed by atoms with Crippen LogP contribution < -0.4 is 0 Å². The largest absolute Gasteiger partial charge is 0.416 e. The second kappa shape index (κ2) is 7.56. The summed E-state index contributed by atoms with van der Waals surface area (Å²) in [5.41, 5.74) is 1.10. The Morgan fingerprint density at radius 3 is 2.43 bits per heavy atom. The summed E-state index contributed by atoms with van der Waals surface area (Å²) in [7, 11) is -1.84. The number of aromatic nitrogens is 2. The molecule has 144 valence electrons. The topological polar surface area (TPSA) is 58.7 Å². The van der Waals surface area contributed by atoms with Crippen LogP contribution in [-0.4, -0.2) is 13.4 Å². The van der Waals surface area contributed by atoms with Crippen LogP contribution in [0.4, 0.5) is 17.6 Å². The van der Waals surface area contributed by atoms with E-state index in [1.807, 2.05) is 6.07 Å². The summed E-state index contributed by atoms with van der Waals surface area (Å²) < 4.78 is 65.2. The van der Waals surface area contributed by atoms with E-state index in [4.69, 9.17) is 5.26 Å². The molecular formula is C19H13F4N3OS. The number of benzene rings is 2. The first kappa shape index (κ1) is 19.8. The Morgan fingerprint density at radius 2 is 1.82 bits per heavy atom. The molecule has 0 spiro atoms. The highest BCUT2D eigenvalue weighted by atomic mass is 32.2. The number of hydrogen-bond donors (Lipinski definition) is 0. The maximum atomic E-state index is 13.5. The van der Waals surface area contributed by atoms with E-state index in [2.05, 4.69) is 5.10 Å². The Hall–Kier alpha value is -2.99. The number of hydrogen-bond acceptors (Lipinski definition) is 3. The molecule has 1 unspecified atom stereocenters. The molecule has 0 amide bonds. The first-order valence-corrected chi connectivity index (χ1v) is 9.13. The summed E-state index contributed by atoms with van der Waals surface area (Å²) in [5.74, 6) is -0.479. The monoisotopic (exact) mass is 407 g/mol. The van der Waals surface area contributed by atoms with Gasteiger partial charge in [-0.2, -0.15) is 27.6 Å². The Balaban J connectivity index is 1.87. The third-order valence-corrected chi connectivity index (χ3v) is 5.30. The van der Waals surface area contributed by atoms with E-state index in [1.54, 1.807) is 6.92 Å². The summed E-state index contributed by atoms with van der Waals surface area (Å²) in [6, 6.07) is 9.80. The van der Waals surface area contributed by atoms with E-state index in [0.717, 1.165) is 28.4 Å². The highest BCUT2D eigenvalue weighted by molar-refractivity contribution is 7.83. The van der Waals surface area contributed by atoms with Gasteiger partial charge in [0, 0.05) is 12.6 Å². The van der Waals surface area contributed by atoms with E-state index in [9.17, 15) is 21.8 Å². The predicted molar refractivity (Wildman–Crippen MR) is 94.1 cm³/mol. The van der Waals surface area contributed by atoms with E-state index in [1.165, 1.54) is 24.4 Å². The van der Waals surface area contributed by atoms with Gasteiger partial charge in [-0.25, -0.2) is 8.60 Å². The summed E-state index contributed by atoms with van der Waals surface area (Å²) in [6.45, 7) is 1.67. The number of rotatable bonds is 4. The molecule has 0 bridgehead atoms. The van der Waals surface area contributed by atoms with E-state index in [0.29, 0.717) is 22.4 Å². The van der Waals surface area contributed by atoms with Crippen LogP contribution in [-0.2, 0) is 23.6 Å². The van der Waals surface area contributed by atoms with Gasteiger partial charge < -0.3 is 0 Å². The van der Waals surface area contributed by atoms with Gasteiger partial charge in [-0.1, -0.05) is 0 Å². The van der Waals surface area contributed by atoms with Gasteiger partial charge in [0.2, 0.25) is 0 Å². The van der Waals surface area contributed by atoms with Gasteiger partial charge in [-0.3, -0.25) is 0 Å². The van der Waals surface area contributed by atoms with Gasteiger partial charge in [0.1, 0.15) is 5.82 Å². The highest BCUT2D eigenvalue weighted by Crippen LogP contribution is 2.29. The average Bonchev–Trinajstić information content (AvgIpc) is 3.01. The molecule has 1 aromatic heterocycles. The fraction of sp³-hybridized carbons (Fsp3) is 0.158. The second-order valence-corrected chi connectivity index (χ2v) is 7.35. The van der Waals surface area contributed by atoms with Crippen LogP contribution in [0.15, 0.2) is 53.6 Å².